The zero-order chi connectivity index (χ0) is 42.1. The smallest absolute Gasteiger partial charge is 0.326 e. The van der Waals surface area contributed by atoms with E-state index in [1.54, 1.807) is 6.20 Å². The van der Waals surface area contributed by atoms with Gasteiger partial charge < -0.3 is 40.2 Å². The van der Waals surface area contributed by atoms with Crippen LogP contribution in [0.15, 0.2) is 91.1 Å². The summed E-state index contributed by atoms with van der Waals surface area (Å²) in [5, 5.41) is 18.9. The van der Waals surface area contributed by atoms with Crippen LogP contribution < -0.4 is 30.2 Å². The fraction of sp³-hybridized carbons (Fsp3) is 0.283. The lowest BCUT2D eigenvalue weighted by Crippen LogP contribution is -2.58. The molecule has 3 aliphatic rings. The molecule has 4 heterocycles. The zero-order valence-corrected chi connectivity index (χ0v) is 34.0. The molecule has 1 aromatic heterocycles. The number of nitrogens with zero attached hydrogens (tertiary/aromatic N) is 2. The average molecular weight is 830 g/mol. The van der Waals surface area contributed by atoms with Crippen LogP contribution in [0.5, 0.6) is 17.2 Å². The van der Waals surface area contributed by atoms with E-state index in [1.807, 2.05) is 106 Å². The molecule has 14 heteroatoms. The first-order chi connectivity index (χ1) is 28.9. The van der Waals surface area contributed by atoms with Gasteiger partial charge in [-0.05, 0) is 107 Å². The second-order valence-corrected chi connectivity index (χ2v) is 15.8. The Kier molecular flexibility index (Phi) is 11.3. The van der Waals surface area contributed by atoms with Crippen molar-refractivity contribution in [3.05, 3.63) is 141 Å². The number of urea groups is 1. The quantitative estimate of drug-likeness (QED) is 0.122. The number of benzene rings is 4. The number of ether oxygens (including phenoxy) is 3. The second kappa shape index (κ2) is 16.9. The highest BCUT2D eigenvalue weighted by atomic mass is 35.5. The summed E-state index contributed by atoms with van der Waals surface area (Å²) in [4.78, 5) is 58.4. The molecule has 1 saturated heterocycles. The lowest BCUT2D eigenvalue weighted by atomic mass is 9.91. The maximum atomic E-state index is 14.1. The fourth-order valence-corrected chi connectivity index (χ4v) is 7.92. The number of amides is 4. The molecule has 4 amide bonds. The Hall–Kier alpha value is -6.60. The molecule has 0 spiro atoms. The molecule has 5 aromatic rings. The lowest BCUT2D eigenvalue weighted by Gasteiger charge is -2.38. The molecule has 60 heavy (non-hydrogen) atoms. The van der Waals surface area contributed by atoms with Gasteiger partial charge in [0.25, 0.3) is 0 Å². The van der Waals surface area contributed by atoms with E-state index >= 15 is 0 Å². The van der Waals surface area contributed by atoms with Gasteiger partial charge in [0.1, 0.15) is 37.1 Å². The summed E-state index contributed by atoms with van der Waals surface area (Å²) in [6.07, 6.45) is 1.44. The Morgan fingerprint density at radius 1 is 0.967 bits per heavy atom. The summed E-state index contributed by atoms with van der Waals surface area (Å²) < 4.78 is 18.6. The highest BCUT2D eigenvalue weighted by Gasteiger charge is 2.41. The van der Waals surface area contributed by atoms with Crippen LogP contribution in [0.1, 0.15) is 50.7 Å². The Labute approximate surface area is 352 Å². The van der Waals surface area contributed by atoms with Gasteiger partial charge in [0, 0.05) is 42.8 Å². The number of carboxylic acid groups (broad SMARTS) is 1. The van der Waals surface area contributed by atoms with Crippen molar-refractivity contribution >= 4 is 35.4 Å². The van der Waals surface area contributed by atoms with Crippen molar-refractivity contribution in [2.45, 2.75) is 71.0 Å². The third kappa shape index (κ3) is 8.57. The van der Waals surface area contributed by atoms with Gasteiger partial charge in [0.15, 0.2) is 17.6 Å². The van der Waals surface area contributed by atoms with Gasteiger partial charge in [-0.2, -0.15) is 0 Å². The summed E-state index contributed by atoms with van der Waals surface area (Å²) in [7, 11) is 0. The van der Waals surface area contributed by atoms with Gasteiger partial charge in [-0.1, -0.05) is 60.1 Å². The number of carbonyl (C=O) groups is 4. The van der Waals surface area contributed by atoms with Crippen LogP contribution >= 0.6 is 11.6 Å². The summed E-state index contributed by atoms with van der Waals surface area (Å²) in [5.41, 5.74) is 9.07. The Morgan fingerprint density at radius 3 is 2.43 bits per heavy atom. The fourth-order valence-electron chi connectivity index (χ4n) is 7.80. The SMILES string of the molecule is Cc1cc(COc2ccc([C@H]3COc4cc5c(cc4O3)CN(C(=O)C3CNC(=O)N3)[C@H](C(=O)N[C@@H](Cc3ccc(-c4ccnc(C)c4C)cc3)C(=O)O)C5)cc2)ccc1Cl. The van der Waals surface area contributed by atoms with E-state index in [2.05, 4.69) is 20.9 Å². The third-order valence-electron chi connectivity index (χ3n) is 11.4. The summed E-state index contributed by atoms with van der Waals surface area (Å²) in [6.45, 7) is 6.61. The number of carboxylic acids is 1. The molecule has 8 rings (SSSR count). The summed E-state index contributed by atoms with van der Waals surface area (Å²) in [6, 6.07) is 22.8. The minimum absolute atomic E-state index is 0.0200. The lowest BCUT2D eigenvalue weighted by molar-refractivity contribution is -0.146. The third-order valence-corrected chi connectivity index (χ3v) is 11.8. The van der Waals surface area contributed by atoms with Crippen molar-refractivity contribution in [3.63, 3.8) is 0 Å². The molecule has 4 N–H and O–H groups in total. The topological polar surface area (TPSA) is 168 Å². The zero-order valence-electron chi connectivity index (χ0n) is 33.3. The highest BCUT2D eigenvalue weighted by molar-refractivity contribution is 6.31. The van der Waals surface area contributed by atoms with E-state index in [0.29, 0.717) is 34.4 Å². The van der Waals surface area contributed by atoms with Crippen LogP contribution in [0.4, 0.5) is 4.79 Å². The van der Waals surface area contributed by atoms with E-state index < -0.39 is 48.0 Å². The standard InChI is InChI=1S/C46H44ClN5O8/c1-25-16-29(6-13-36(25)47)23-58-34-11-9-31(10-12-34)42-24-59-40-19-32-18-39(52(22-33(32)20-41(40)60-42)44(54)38-21-49-46(57)51-38)43(53)50-37(45(55)56)17-28-4-7-30(8-5-28)35-14-15-48-27(3)26(35)2/h4-16,19-20,37-39,42H,17-18,21-24H2,1-3H3,(H,50,53)(H,55,56)(H2,49,51,57)/t37-,38?,39-,42+/m0/s1. The number of fused-ring (bicyclic) bond motifs is 2. The van der Waals surface area contributed by atoms with E-state index in [9.17, 15) is 24.3 Å². The molecular weight excluding hydrogens is 786 g/mol. The van der Waals surface area contributed by atoms with E-state index in [0.717, 1.165) is 50.2 Å². The van der Waals surface area contributed by atoms with Crippen molar-refractivity contribution in [2.24, 2.45) is 0 Å². The largest absolute Gasteiger partial charge is 0.489 e. The molecule has 13 nitrogen and oxygen atoms in total. The maximum absolute atomic E-state index is 14.1. The first-order valence-corrected chi connectivity index (χ1v) is 20.1. The van der Waals surface area contributed by atoms with Crippen molar-refractivity contribution in [1.82, 2.24) is 25.8 Å². The first-order valence-electron chi connectivity index (χ1n) is 19.7. The minimum atomic E-state index is -1.27. The maximum Gasteiger partial charge on any atom is 0.326 e. The molecule has 0 aliphatic carbocycles. The predicted molar refractivity (Wildman–Crippen MR) is 223 cm³/mol. The Morgan fingerprint density at radius 2 is 1.72 bits per heavy atom. The van der Waals surface area contributed by atoms with Crippen LogP contribution in [0.25, 0.3) is 11.1 Å². The van der Waals surface area contributed by atoms with Crippen LogP contribution in [-0.2, 0) is 40.4 Å². The molecule has 0 radical (unpaired) electrons. The molecule has 1 unspecified atom stereocenters. The van der Waals surface area contributed by atoms with Crippen LogP contribution in [-0.4, -0.2) is 70.1 Å². The molecule has 0 bridgehead atoms. The number of aryl methyl sites for hydroxylation is 2. The van der Waals surface area contributed by atoms with Gasteiger partial charge in [0.05, 0.1) is 0 Å². The predicted octanol–water partition coefficient (Wildman–Crippen LogP) is 6.17. The number of carbonyl (C=O) groups excluding carboxylic acids is 3. The van der Waals surface area contributed by atoms with Gasteiger partial charge in [-0.25, -0.2) is 9.59 Å². The van der Waals surface area contributed by atoms with E-state index in [-0.39, 0.29) is 32.5 Å². The van der Waals surface area contributed by atoms with E-state index in [1.165, 1.54) is 4.90 Å². The Balaban J connectivity index is 0.973. The Bertz CT molecular complexity index is 2480. The number of nitrogens with one attached hydrogen (secondary N) is 3. The van der Waals surface area contributed by atoms with Gasteiger partial charge in [0.2, 0.25) is 11.8 Å². The highest BCUT2D eigenvalue weighted by Crippen LogP contribution is 2.41. The van der Waals surface area contributed by atoms with Crippen molar-refractivity contribution < 1.29 is 38.5 Å². The molecule has 1 fully saturated rings. The van der Waals surface area contributed by atoms with Crippen molar-refractivity contribution in [2.75, 3.05) is 13.2 Å². The van der Waals surface area contributed by atoms with Gasteiger partial charge in [-0.15, -0.1) is 0 Å². The number of rotatable bonds is 11. The number of pyridine rings is 1. The monoisotopic (exact) mass is 829 g/mol. The number of hydrogen-bond donors (Lipinski definition) is 4. The molecule has 4 atom stereocenters. The summed E-state index contributed by atoms with van der Waals surface area (Å²) in [5.74, 6) is -0.615. The molecular formula is C46H44ClN5O8. The van der Waals surface area contributed by atoms with Crippen LogP contribution in [0, 0.1) is 20.8 Å². The molecule has 4 aromatic carbocycles. The molecule has 3 aliphatic heterocycles. The number of hydrogen-bond acceptors (Lipinski definition) is 8. The van der Waals surface area contributed by atoms with Gasteiger partial charge in [-0.3, -0.25) is 14.6 Å². The van der Waals surface area contributed by atoms with Crippen molar-refractivity contribution in [1.29, 1.82) is 0 Å². The first kappa shape index (κ1) is 40.2. The summed E-state index contributed by atoms with van der Waals surface area (Å²) >= 11 is 6.16. The number of aromatic nitrogens is 1. The normalized spacial score (nSPS) is 18.4. The van der Waals surface area contributed by atoms with Crippen molar-refractivity contribution in [3.8, 4) is 28.4 Å². The minimum Gasteiger partial charge on any atom is -0.489 e. The number of aliphatic carboxylic acids is 1. The second-order valence-electron chi connectivity index (χ2n) is 15.4. The molecule has 308 valence electrons. The molecule has 0 saturated carbocycles. The van der Waals surface area contributed by atoms with E-state index in [4.69, 9.17) is 25.8 Å². The number of halogens is 1. The van der Waals surface area contributed by atoms with Gasteiger partial charge >= 0.3 is 12.0 Å². The van der Waals surface area contributed by atoms with Crippen LogP contribution in [0.2, 0.25) is 5.02 Å². The van der Waals surface area contributed by atoms with Crippen LogP contribution in [0.3, 0.4) is 0 Å². The average Bonchev–Trinajstić information content (AvgIpc) is 3.69.